The first-order valence-electron chi connectivity index (χ1n) is 9.87. The minimum atomic E-state index is -0.0719. The van der Waals surface area contributed by atoms with Crippen LogP contribution in [0, 0.1) is 0 Å². The highest BCUT2D eigenvalue weighted by Crippen LogP contribution is 2.16. The number of carbonyl (C=O) groups excluding carboxylic acids is 1. The number of nitrogens with zero attached hydrogens (tertiary/aromatic N) is 2. The largest absolute Gasteiger partial charge is 0.357 e. The number of aliphatic imine (C=N–C) groups is 1. The molecule has 7 heteroatoms. The van der Waals surface area contributed by atoms with Crippen molar-refractivity contribution < 1.29 is 4.79 Å². The molecule has 0 unspecified atom stereocenters. The number of fused-ring (bicyclic) bond motifs is 1. The molecule has 0 saturated heterocycles. The highest BCUT2D eigenvalue weighted by molar-refractivity contribution is 14.0. The van der Waals surface area contributed by atoms with Gasteiger partial charge in [0.1, 0.15) is 0 Å². The van der Waals surface area contributed by atoms with E-state index >= 15 is 0 Å². The molecule has 3 N–H and O–H groups in total. The maximum absolute atomic E-state index is 11.8. The number of guanidine groups is 1. The first kappa shape index (κ1) is 23.6. The van der Waals surface area contributed by atoms with Crippen molar-refractivity contribution in [2.75, 3.05) is 20.1 Å². The number of nitrogens with one attached hydrogen (secondary N) is 3. The molecule has 3 aromatic rings. The van der Waals surface area contributed by atoms with Crippen molar-refractivity contribution in [3.8, 4) is 0 Å². The van der Waals surface area contributed by atoms with E-state index in [1.807, 2.05) is 55.6 Å². The van der Waals surface area contributed by atoms with Gasteiger partial charge in [0.15, 0.2) is 5.96 Å². The van der Waals surface area contributed by atoms with Gasteiger partial charge < -0.3 is 16.0 Å². The lowest BCUT2D eigenvalue weighted by Crippen LogP contribution is -2.38. The summed E-state index contributed by atoms with van der Waals surface area (Å²) < 4.78 is 0. The molecule has 0 aliphatic carbocycles. The fraction of sp³-hybridized carbons (Fsp3) is 0.261. The van der Waals surface area contributed by atoms with Crippen molar-refractivity contribution in [1.29, 1.82) is 0 Å². The molecule has 0 radical (unpaired) electrons. The third kappa shape index (κ3) is 6.41. The molecular weight excluding hydrogens is 489 g/mol. The smallest absolute Gasteiger partial charge is 0.251 e. The number of rotatable bonds is 7. The Balaban J connectivity index is 0.00000320. The predicted octanol–water partition coefficient (Wildman–Crippen LogP) is 3.51. The number of amides is 1. The summed E-state index contributed by atoms with van der Waals surface area (Å²) in [7, 11) is 1.64. The molecule has 1 amide bonds. The summed E-state index contributed by atoms with van der Waals surface area (Å²) in [6.07, 6.45) is 2.62. The first-order valence-corrected chi connectivity index (χ1v) is 9.87. The Morgan fingerprint density at radius 2 is 1.90 bits per heavy atom. The summed E-state index contributed by atoms with van der Waals surface area (Å²) in [5.74, 6) is 0.682. The summed E-state index contributed by atoms with van der Waals surface area (Å²) in [5, 5.41) is 11.6. The molecular formula is C23H28IN5O. The Morgan fingerprint density at radius 3 is 2.70 bits per heavy atom. The Bertz CT molecular complexity index is 1000. The Morgan fingerprint density at radius 1 is 1.07 bits per heavy atom. The van der Waals surface area contributed by atoms with Gasteiger partial charge in [0, 0.05) is 37.3 Å². The van der Waals surface area contributed by atoms with Gasteiger partial charge in [0.25, 0.3) is 5.91 Å². The van der Waals surface area contributed by atoms with Crippen LogP contribution in [0.1, 0.15) is 28.5 Å². The summed E-state index contributed by atoms with van der Waals surface area (Å²) in [4.78, 5) is 21.0. The summed E-state index contributed by atoms with van der Waals surface area (Å²) in [6.45, 7) is 4.04. The third-order valence-corrected chi connectivity index (χ3v) is 4.61. The summed E-state index contributed by atoms with van der Waals surface area (Å²) in [5.41, 5.74) is 2.73. The van der Waals surface area contributed by atoms with Gasteiger partial charge in [-0.1, -0.05) is 36.4 Å². The van der Waals surface area contributed by atoms with Gasteiger partial charge in [-0.05, 0) is 42.5 Å². The van der Waals surface area contributed by atoms with Gasteiger partial charge >= 0.3 is 0 Å². The van der Waals surface area contributed by atoms with Crippen LogP contribution >= 0.6 is 24.0 Å². The van der Waals surface area contributed by atoms with Crippen LogP contribution in [0.4, 0.5) is 0 Å². The van der Waals surface area contributed by atoms with E-state index in [0.29, 0.717) is 18.7 Å². The molecule has 1 heterocycles. The zero-order chi connectivity index (χ0) is 20.5. The SMILES string of the molecule is CCNC(=NCc1nccc2ccccc12)NCCc1cccc(C(=O)NC)c1.I. The van der Waals surface area contributed by atoms with Crippen LogP contribution in [0.2, 0.25) is 0 Å². The zero-order valence-corrected chi connectivity index (χ0v) is 19.6. The molecule has 0 atom stereocenters. The highest BCUT2D eigenvalue weighted by atomic mass is 127. The Hall–Kier alpha value is -2.68. The maximum Gasteiger partial charge on any atom is 0.251 e. The van der Waals surface area contributed by atoms with Crippen molar-refractivity contribution in [2.24, 2.45) is 4.99 Å². The van der Waals surface area contributed by atoms with Gasteiger partial charge in [0.2, 0.25) is 0 Å². The molecule has 3 rings (SSSR count). The lowest BCUT2D eigenvalue weighted by molar-refractivity contribution is 0.0963. The standard InChI is InChI=1S/C23H27N5O.HI/c1-3-25-23(27-13-11-17-7-6-9-19(15-17)22(29)24-2)28-16-21-20-10-5-4-8-18(20)12-14-26-21;/h4-10,12,14-15H,3,11,13,16H2,1-2H3,(H,24,29)(H2,25,27,28);1H. The average Bonchev–Trinajstić information content (AvgIpc) is 2.77. The topological polar surface area (TPSA) is 78.4 Å². The zero-order valence-electron chi connectivity index (χ0n) is 17.3. The van der Waals surface area contributed by atoms with E-state index in [4.69, 9.17) is 4.99 Å². The van der Waals surface area contributed by atoms with Gasteiger partial charge in [-0.15, -0.1) is 24.0 Å². The number of benzene rings is 2. The normalized spacial score (nSPS) is 10.9. The predicted molar refractivity (Wildman–Crippen MR) is 134 cm³/mol. The van der Waals surface area contributed by atoms with Crippen molar-refractivity contribution in [1.82, 2.24) is 20.9 Å². The second-order valence-electron chi connectivity index (χ2n) is 6.63. The minimum Gasteiger partial charge on any atom is -0.357 e. The van der Waals surface area contributed by atoms with E-state index in [1.54, 1.807) is 7.05 Å². The van der Waals surface area contributed by atoms with E-state index < -0.39 is 0 Å². The fourth-order valence-electron chi connectivity index (χ4n) is 3.14. The number of hydrogen-bond donors (Lipinski definition) is 3. The second-order valence-corrected chi connectivity index (χ2v) is 6.63. The van der Waals surface area contributed by atoms with Crippen LogP contribution in [-0.2, 0) is 13.0 Å². The maximum atomic E-state index is 11.8. The molecule has 1 aromatic heterocycles. The summed E-state index contributed by atoms with van der Waals surface area (Å²) in [6, 6.07) is 17.9. The van der Waals surface area contributed by atoms with E-state index in [1.165, 1.54) is 5.39 Å². The number of aromatic nitrogens is 1. The molecule has 30 heavy (non-hydrogen) atoms. The van der Waals surface area contributed by atoms with Gasteiger partial charge in [-0.3, -0.25) is 9.78 Å². The molecule has 2 aromatic carbocycles. The molecule has 0 fully saturated rings. The quantitative estimate of drug-likeness (QED) is 0.255. The number of carbonyl (C=O) groups is 1. The van der Waals surface area contributed by atoms with Crippen LogP contribution in [0.3, 0.4) is 0 Å². The number of hydrogen-bond acceptors (Lipinski definition) is 3. The Labute approximate surface area is 194 Å². The number of pyridine rings is 1. The van der Waals surface area contributed by atoms with Crippen molar-refractivity contribution in [3.05, 3.63) is 77.6 Å². The third-order valence-electron chi connectivity index (χ3n) is 4.61. The average molecular weight is 517 g/mol. The highest BCUT2D eigenvalue weighted by Gasteiger charge is 2.05. The van der Waals surface area contributed by atoms with Crippen LogP contribution in [0.25, 0.3) is 10.8 Å². The van der Waals surface area contributed by atoms with E-state index in [0.717, 1.165) is 35.6 Å². The van der Waals surface area contributed by atoms with E-state index in [2.05, 4.69) is 33.1 Å². The van der Waals surface area contributed by atoms with Crippen LogP contribution in [0.15, 0.2) is 65.8 Å². The van der Waals surface area contributed by atoms with Crippen molar-refractivity contribution in [3.63, 3.8) is 0 Å². The summed E-state index contributed by atoms with van der Waals surface area (Å²) >= 11 is 0. The fourth-order valence-corrected chi connectivity index (χ4v) is 3.14. The van der Waals surface area contributed by atoms with E-state index in [-0.39, 0.29) is 29.9 Å². The van der Waals surface area contributed by atoms with Crippen molar-refractivity contribution >= 4 is 46.6 Å². The van der Waals surface area contributed by atoms with Gasteiger partial charge in [-0.25, -0.2) is 4.99 Å². The molecule has 158 valence electrons. The first-order chi connectivity index (χ1) is 14.2. The molecule has 0 bridgehead atoms. The Kier molecular flexibility index (Phi) is 9.53. The molecule has 0 aliphatic heterocycles. The van der Waals surface area contributed by atoms with Gasteiger partial charge in [-0.2, -0.15) is 0 Å². The van der Waals surface area contributed by atoms with Crippen LogP contribution in [0.5, 0.6) is 0 Å². The molecule has 0 aliphatic rings. The monoisotopic (exact) mass is 517 g/mol. The van der Waals surface area contributed by atoms with Gasteiger partial charge in [0.05, 0.1) is 12.2 Å². The molecule has 0 spiro atoms. The van der Waals surface area contributed by atoms with E-state index in [9.17, 15) is 4.79 Å². The van der Waals surface area contributed by atoms with Crippen LogP contribution in [-0.4, -0.2) is 37.0 Å². The van der Waals surface area contributed by atoms with Crippen LogP contribution < -0.4 is 16.0 Å². The minimum absolute atomic E-state index is 0. The lowest BCUT2D eigenvalue weighted by atomic mass is 10.1. The van der Waals surface area contributed by atoms with Crippen molar-refractivity contribution in [2.45, 2.75) is 19.9 Å². The molecule has 6 nitrogen and oxygen atoms in total. The number of halogens is 1. The second kappa shape index (κ2) is 12.1. The lowest BCUT2D eigenvalue weighted by Gasteiger charge is -2.12. The molecule has 0 saturated carbocycles.